The Morgan fingerprint density at radius 2 is 1.83 bits per heavy atom. The van der Waals surface area contributed by atoms with Crippen molar-refractivity contribution >= 4 is 28.7 Å². The van der Waals surface area contributed by atoms with Crippen molar-refractivity contribution in [1.29, 1.82) is 0 Å². The topological polar surface area (TPSA) is 38.5 Å². The van der Waals surface area contributed by atoms with E-state index in [1.165, 1.54) is 22.2 Å². The molecule has 152 valence electrons. The van der Waals surface area contributed by atoms with Crippen molar-refractivity contribution < 1.29 is 4.74 Å². The highest BCUT2D eigenvalue weighted by molar-refractivity contribution is 6.30. The molecule has 4 aromatic rings. The third-order valence-electron chi connectivity index (χ3n) is 5.26. The SMILES string of the molecule is COc1ccccc1CN/N=C/c1c(C)n(Cc2cccc(Cl)c2)c2ccccc12. The summed E-state index contributed by atoms with van der Waals surface area (Å²) < 4.78 is 7.71. The number of rotatable bonds is 7. The van der Waals surface area contributed by atoms with Gasteiger partial charge in [0.05, 0.1) is 19.9 Å². The summed E-state index contributed by atoms with van der Waals surface area (Å²) in [6.07, 6.45) is 1.90. The molecule has 0 amide bonds. The van der Waals surface area contributed by atoms with Crippen LogP contribution in [0.25, 0.3) is 10.9 Å². The lowest BCUT2D eigenvalue weighted by atomic mass is 10.1. The quantitative estimate of drug-likeness (QED) is 0.305. The summed E-state index contributed by atoms with van der Waals surface area (Å²) in [5, 5.41) is 6.43. The summed E-state index contributed by atoms with van der Waals surface area (Å²) in [5.41, 5.74) is 8.84. The first kappa shape index (κ1) is 20.0. The van der Waals surface area contributed by atoms with Gasteiger partial charge in [-0.25, -0.2) is 0 Å². The van der Waals surface area contributed by atoms with Crippen LogP contribution in [-0.4, -0.2) is 17.9 Å². The number of nitrogens with one attached hydrogen (secondary N) is 1. The molecule has 4 rings (SSSR count). The number of para-hydroxylation sites is 2. The van der Waals surface area contributed by atoms with Crippen molar-refractivity contribution in [3.63, 3.8) is 0 Å². The Hall–Kier alpha value is -3.24. The molecule has 0 atom stereocenters. The molecule has 0 saturated heterocycles. The molecule has 0 aliphatic heterocycles. The summed E-state index contributed by atoms with van der Waals surface area (Å²) in [7, 11) is 1.68. The Kier molecular flexibility index (Phi) is 6.05. The molecule has 4 nitrogen and oxygen atoms in total. The van der Waals surface area contributed by atoms with Crippen LogP contribution in [0.3, 0.4) is 0 Å². The van der Waals surface area contributed by atoms with Gasteiger partial charge in [-0.3, -0.25) is 0 Å². The molecule has 0 aliphatic rings. The molecule has 1 heterocycles. The van der Waals surface area contributed by atoms with Crippen LogP contribution in [0.1, 0.15) is 22.4 Å². The Labute approximate surface area is 181 Å². The van der Waals surface area contributed by atoms with Crippen LogP contribution in [0, 0.1) is 6.92 Å². The molecule has 0 radical (unpaired) electrons. The van der Waals surface area contributed by atoms with Crippen LogP contribution >= 0.6 is 11.6 Å². The summed E-state index contributed by atoms with van der Waals surface area (Å²) >= 11 is 6.18. The Morgan fingerprint density at radius 3 is 2.67 bits per heavy atom. The normalized spacial score (nSPS) is 11.3. The molecule has 0 unspecified atom stereocenters. The third-order valence-corrected chi connectivity index (χ3v) is 5.49. The predicted octanol–water partition coefficient (Wildman–Crippen LogP) is 5.78. The highest BCUT2D eigenvalue weighted by atomic mass is 35.5. The average Bonchev–Trinajstić information content (AvgIpc) is 3.03. The molecule has 30 heavy (non-hydrogen) atoms. The number of hydrazone groups is 1. The standard InChI is InChI=1S/C25H24ClN3O/c1-18-23(16-28-27-15-20-9-3-6-13-25(20)30-2)22-11-4-5-12-24(22)29(18)17-19-8-7-10-21(26)14-19/h3-14,16,27H,15,17H2,1-2H3/b28-16+. The molecule has 1 N–H and O–H groups in total. The van der Waals surface area contributed by atoms with Gasteiger partial charge in [-0.05, 0) is 36.8 Å². The van der Waals surface area contributed by atoms with Crippen molar-refractivity contribution in [3.8, 4) is 5.75 Å². The lowest BCUT2D eigenvalue weighted by Crippen LogP contribution is -2.07. The predicted molar refractivity (Wildman–Crippen MR) is 125 cm³/mol. The number of hydrogen-bond acceptors (Lipinski definition) is 3. The zero-order valence-corrected chi connectivity index (χ0v) is 17.9. The van der Waals surface area contributed by atoms with E-state index >= 15 is 0 Å². The van der Waals surface area contributed by atoms with E-state index in [4.69, 9.17) is 16.3 Å². The van der Waals surface area contributed by atoms with Crippen LogP contribution in [-0.2, 0) is 13.1 Å². The zero-order chi connectivity index (χ0) is 20.9. The summed E-state index contributed by atoms with van der Waals surface area (Å²) in [6.45, 7) is 3.49. The van der Waals surface area contributed by atoms with E-state index in [2.05, 4.69) is 52.3 Å². The van der Waals surface area contributed by atoms with Gasteiger partial charge in [-0.15, -0.1) is 0 Å². The number of nitrogens with zero attached hydrogens (tertiary/aromatic N) is 2. The Balaban J connectivity index is 1.59. The van der Waals surface area contributed by atoms with E-state index in [0.29, 0.717) is 6.54 Å². The molecule has 0 fully saturated rings. The lowest BCUT2D eigenvalue weighted by Gasteiger charge is -2.09. The summed E-state index contributed by atoms with van der Waals surface area (Å²) in [6, 6.07) is 24.4. The van der Waals surface area contributed by atoms with Crippen molar-refractivity contribution in [2.75, 3.05) is 7.11 Å². The van der Waals surface area contributed by atoms with Crippen LogP contribution in [0.2, 0.25) is 5.02 Å². The van der Waals surface area contributed by atoms with Gasteiger partial charge in [-0.2, -0.15) is 5.10 Å². The van der Waals surface area contributed by atoms with Gasteiger partial charge < -0.3 is 14.7 Å². The molecule has 0 spiro atoms. The number of fused-ring (bicyclic) bond motifs is 1. The molecule has 0 bridgehead atoms. The average molecular weight is 418 g/mol. The highest BCUT2D eigenvalue weighted by Gasteiger charge is 2.13. The molecule has 0 saturated carbocycles. The maximum atomic E-state index is 6.18. The van der Waals surface area contributed by atoms with Gasteiger partial charge in [0.25, 0.3) is 0 Å². The molecule has 1 aromatic heterocycles. The molecule has 5 heteroatoms. The maximum absolute atomic E-state index is 6.18. The van der Waals surface area contributed by atoms with Gasteiger partial charge in [0.1, 0.15) is 5.75 Å². The minimum atomic E-state index is 0.598. The van der Waals surface area contributed by atoms with Crippen LogP contribution in [0.4, 0.5) is 0 Å². The van der Waals surface area contributed by atoms with E-state index in [1.54, 1.807) is 7.11 Å². The van der Waals surface area contributed by atoms with Gasteiger partial charge >= 0.3 is 0 Å². The van der Waals surface area contributed by atoms with Gasteiger partial charge in [0, 0.05) is 39.3 Å². The van der Waals surface area contributed by atoms with Gasteiger partial charge in [0.15, 0.2) is 0 Å². The monoisotopic (exact) mass is 417 g/mol. The Morgan fingerprint density at radius 1 is 1.03 bits per heavy atom. The van der Waals surface area contributed by atoms with E-state index < -0.39 is 0 Å². The summed E-state index contributed by atoms with van der Waals surface area (Å²) in [4.78, 5) is 0. The molecular weight excluding hydrogens is 394 g/mol. The largest absolute Gasteiger partial charge is 0.496 e. The fraction of sp³-hybridized carbons (Fsp3) is 0.160. The van der Waals surface area contributed by atoms with Crippen molar-refractivity contribution in [1.82, 2.24) is 9.99 Å². The maximum Gasteiger partial charge on any atom is 0.123 e. The van der Waals surface area contributed by atoms with Crippen LogP contribution < -0.4 is 10.2 Å². The van der Waals surface area contributed by atoms with Crippen molar-refractivity contribution in [2.45, 2.75) is 20.0 Å². The number of hydrogen-bond donors (Lipinski definition) is 1. The number of benzene rings is 3. The Bertz CT molecular complexity index is 1200. The smallest absolute Gasteiger partial charge is 0.123 e. The van der Waals surface area contributed by atoms with E-state index in [0.717, 1.165) is 28.4 Å². The van der Waals surface area contributed by atoms with Gasteiger partial charge in [0.2, 0.25) is 0 Å². The van der Waals surface area contributed by atoms with E-state index in [-0.39, 0.29) is 0 Å². The minimum absolute atomic E-state index is 0.598. The minimum Gasteiger partial charge on any atom is -0.496 e. The lowest BCUT2D eigenvalue weighted by molar-refractivity contribution is 0.408. The number of ether oxygens (including phenoxy) is 1. The third kappa shape index (κ3) is 4.19. The fourth-order valence-corrected chi connectivity index (χ4v) is 3.95. The van der Waals surface area contributed by atoms with E-state index in [1.807, 2.05) is 48.7 Å². The van der Waals surface area contributed by atoms with Crippen LogP contribution in [0.5, 0.6) is 5.75 Å². The fourth-order valence-electron chi connectivity index (χ4n) is 3.73. The van der Waals surface area contributed by atoms with E-state index in [9.17, 15) is 0 Å². The molecular formula is C25H24ClN3O. The highest BCUT2D eigenvalue weighted by Crippen LogP contribution is 2.26. The number of methoxy groups -OCH3 is 1. The second kappa shape index (κ2) is 9.06. The zero-order valence-electron chi connectivity index (χ0n) is 17.1. The number of halogens is 1. The number of aromatic nitrogens is 1. The van der Waals surface area contributed by atoms with Crippen LogP contribution in [0.15, 0.2) is 77.9 Å². The second-order valence-electron chi connectivity index (χ2n) is 7.14. The first-order valence-electron chi connectivity index (χ1n) is 9.87. The van der Waals surface area contributed by atoms with Crippen molar-refractivity contribution in [3.05, 3.63) is 100 Å². The first-order valence-corrected chi connectivity index (χ1v) is 10.2. The van der Waals surface area contributed by atoms with Gasteiger partial charge in [-0.1, -0.05) is 60.1 Å². The molecule has 3 aromatic carbocycles. The van der Waals surface area contributed by atoms with Crippen molar-refractivity contribution in [2.24, 2.45) is 5.10 Å². The molecule has 0 aliphatic carbocycles. The second-order valence-corrected chi connectivity index (χ2v) is 7.57. The summed E-state index contributed by atoms with van der Waals surface area (Å²) in [5.74, 6) is 0.856. The first-order chi connectivity index (χ1) is 14.7.